The van der Waals surface area contributed by atoms with E-state index < -0.39 is 11.8 Å². The van der Waals surface area contributed by atoms with E-state index in [1.54, 1.807) is 6.20 Å². The second-order valence-electron chi connectivity index (χ2n) is 4.13. The zero-order chi connectivity index (χ0) is 14.1. The molecule has 0 unspecified atom stereocenters. The number of hydrogen-bond acceptors (Lipinski definition) is 5. The van der Waals surface area contributed by atoms with Gasteiger partial charge in [-0.15, -0.1) is 11.3 Å². The van der Waals surface area contributed by atoms with Crippen LogP contribution in [0.3, 0.4) is 0 Å². The van der Waals surface area contributed by atoms with Gasteiger partial charge >= 0.3 is 5.97 Å². The minimum absolute atomic E-state index is 0.0457. The quantitative estimate of drug-likeness (QED) is 0.594. The largest absolute Gasteiger partial charge is 0.455 e. The highest BCUT2D eigenvalue weighted by Crippen LogP contribution is 2.16. The molecule has 1 aromatic carbocycles. The van der Waals surface area contributed by atoms with Gasteiger partial charge in [-0.3, -0.25) is 4.40 Å². The van der Waals surface area contributed by atoms with Crippen LogP contribution in [0.2, 0.25) is 0 Å². The molecule has 0 aliphatic carbocycles. The Balaban J connectivity index is 1.71. The first-order valence-electron chi connectivity index (χ1n) is 5.77. The molecule has 0 saturated carbocycles. The Kier molecular flexibility index (Phi) is 3.11. The van der Waals surface area contributed by atoms with Crippen molar-refractivity contribution in [3.8, 4) is 0 Å². The Bertz CT molecular complexity index is 752. The maximum absolute atomic E-state index is 12.9. The van der Waals surface area contributed by atoms with Crippen molar-refractivity contribution in [2.24, 2.45) is 0 Å². The third-order valence-electron chi connectivity index (χ3n) is 2.73. The monoisotopic (exact) mass is 291 g/mol. The number of carbonyl (C=O) groups is 1. The zero-order valence-corrected chi connectivity index (χ0v) is 11.1. The Labute approximate surface area is 117 Å². The second kappa shape index (κ2) is 4.93. The molecule has 0 radical (unpaired) electrons. The van der Waals surface area contributed by atoms with E-state index in [0.29, 0.717) is 5.69 Å². The Morgan fingerprint density at radius 2 is 2.35 bits per heavy atom. The van der Waals surface area contributed by atoms with Gasteiger partial charge in [0.1, 0.15) is 12.4 Å². The molecule has 0 saturated heterocycles. The van der Waals surface area contributed by atoms with Crippen molar-refractivity contribution >= 4 is 28.0 Å². The number of aromatic nitrogens is 2. The molecule has 5 nitrogen and oxygen atoms in total. The number of nitrogen functional groups attached to an aromatic ring is 1. The molecular formula is C13H10FN3O2S. The molecule has 2 heterocycles. The first kappa shape index (κ1) is 12.6. The van der Waals surface area contributed by atoms with E-state index in [-0.39, 0.29) is 17.9 Å². The highest BCUT2D eigenvalue weighted by molar-refractivity contribution is 7.15. The minimum Gasteiger partial charge on any atom is -0.455 e. The topological polar surface area (TPSA) is 69.6 Å². The number of thiazole rings is 1. The maximum atomic E-state index is 12.9. The van der Waals surface area contributed by atoms with Gasteiger partial charge in [0.2, 0.25) is 0 Å². The molecule has 20 heavy (non-hydrogen) atoms. The number of nitrogens with zero attached hydrogens (tertiary/aromatic N) is 2. The van der Waals surface area contributed by atoms with E-state index in [1.807, 2.05) is 16.0 Å². The molecule has 0 aliphatic rings. The lowest BCUT2D eigenvalue weighted by atomic mass is 10.2. The molecule has 2 N–H and O–H groups in total. The average Bonchev–Trinajstić information content (AvgIpc) is 2.96. The fourth-order valence-corrected chi connectivity index (χ4v) is 2.50. The van der Waals surface area contributed by atoms with Crippen LogP contribution in [0.5, 0.6) is 0 Å². The van der Waals surface area contributed by atoms with Crippen LogP contribution in [0.4, 0.5) is 10.1 Å². The Morgan fingerprint density at radius 1 is 1.50 bits per heavy atom. The van der Waals surface area contributed by atoms with Crippen LogP contribution in [0.1, 0.15) is 16.1 Å². The lowest BCUT2D eigenvalue weighted by molar-refractivity contribution is 0.0469. The summed E-state index contributed by atoms with van der Waals surface area (Å²) < 4.78 is 19.9. The SMILES string of the molecule is Nc1cc(F)ccc1C(=O)OCc1cn2ccsc2n1. The van der Waals surface area contributed by atoms with E-state index in [9.17, 15) is 9.18 Å². The lowest BCUT2D eigenvalue weighted by Crippen LogP contribution is -2.08. The smallest absolute Gasteiger partial charge is 0.340 e. The molecule has 102 valence electrons. The van der Waals surface area contributed by atoms with E-state index in [2.05, 4.69) is 4.98 Å². The van der Waals surface area contributed by atoms with Gasteiger partial charge in [0.15, 0.2) is 4.96 Å². The summed E-state index contributed by atoms with van der Waals surface area (Å²) in [5.74, 6) is -1.09. The van der Waals surface area contributed by atoms with Gasteiger partial charge in [-0.2, -0.15) is 0 Å². The highest BCUT2D eigenvalue weighted by atomic mass is 32.1. The summed E-state index contributed by atoms with van der Waals surface area (Å²) >= 11 is 1.49. The number of rotatable bonds is 3. The maximum Gasteiger partial charge on any atom is 0.340 e. The number of ether oxygens (including phenoxy) is 1. The summed E-state index contributed by atoms with van der Waals surface area (Å²) in [5, 5.41) is 1.91. The third kappa shape index (κ3) is 2.35. The van der Waals surface area contributed by atoms with Crippen molar-refractivity contribution in [3.63, 3.8) is 0 Å². The van der Waals surface area contributed by atoms with Gasteiger partial charge in [-0.1, -0.05) is 0 Å². The van der Waals surface area contributed by atoms with Crippen molar-refractivity contribution in [1.29, 1.82) is 0 Å². The van der Waals surface area contributed by atoms with Crippen molar-refractivity contribution in [2.75, 3.05) is 5.73 Å². The molecule has 0 bridgehead atoms. The van der Waals surface area contributed by atoms with Gasteiger partial charge in [0.05, 0.1) is 11.3 Å². The van der Waals surface area contributed by atoms with Gasteiger partial charge in [-0.25, -0.2) is 14.2 Å². The first-order valence-corrected chi connectivity index (χ1v) is 6.64. The number of esters is 1. The minimum atomic E-state index is -0.598. The van der Waals surface area contributed by atoms with Gasteiger partial charge < -0.3 is 10.5 Å². The van der Waals surface area contributed by atoms with E-state index >= 15 is 0 Å². The molecule has 2 aromatic heterocycles. The molecule has 0 aliphatic heterocycles. The predicted octanol–water partition coefficient (Wildman–Crippen LogP) is 2.47. The van der Waals surface area contributed by atoms with Gasteiger partial charge in [-0.05, 0) is 18.2 Å². The lowest BCUT2D eigenvalue weighted by Gasteiger charge is -2.05. The number of imidazole rings is 1. The zero-order valence-electron chi connectivity index (χ0n) is 10.2. The van der Waals surface area contributed by atoms with Crippen molar-refractivity contribution in [2.45, 2.75) is 6.61 Å². The normalized spacial score (nSPS) is 10.8. The molecular weight excluding hydrogens is 281 g/mol. The van der Waals surface area contributed by atoms with E-state index in [0.717, 1.165) is 11.0 Å². The number of carbonyl (C=O) groups excluding carboxylic acids is 1. The summed E-state index contributed by atoms with van der Waals surface area (Å²) in [6.45, 7) is 0.0457. The average molecular weight is 291 g/mol. The van der Waals surface area contributed by atoms with E-state index in [1.165, 1.54) is 23.5 Å². The fraction of sp³-hybridized carbons (Fsp3) is 0.0769. The Morgan fingerprint density at radius 3 is 3.10 bits per heavy atom. The Hall–Kier alpha value is -2.41. The summed E-state index contributed by atoms with van der Waals surface area (Å²) in [6.07, 6.45) is 3.66. The summed E-state index contributed by atoms with van der Waals surface area (Å²) in [7, 11) is 0. The van der Waals surface area contributed by atoms with Crippen LogP contribution >= 0.6 is 11.3 Å². The number of nitrogens with two attached hydrogens (primary N) is 1. The number of hydrogen-bond donors (Lipinski definition) is 1. The first-order chi connectivity index (χ1) is 9.63. The standard InChI is InChI=1S/C13H10FN3O2S/c14-8-1-2-10(11(15)5-8)12(18)19-7-9-6-17-3-4-20-13(17)16-9/h1-6H,7,15H2. The molecule has 0 spiro atoms. The number of anilines is 1. The van der Waals surface area contributed by atoms with Crippen LogP contribution in [0.15, 0.2) is 36.0 Å². The van der Waals surface area contributed by atoms with Crippen molar-refractivity contribution in [3.05, 3.63) is 53.0 Å². The fourth-order valence-electron chi connectivity index (χ4n) is 1.78. The van der Waals surface area contributed by atoms with E-state index in [4.69, 9.17) is 10.5 Å². The number of benzene rings is 1. The summed E-state index contributed by atoms with van der Waals surface area (Å²) in [4.78, 5) is 17.0. The van der Waals surface area contributed by atoms with Crippen LogP contribution < -0.4 is 5.73 Å². The van der Waals surface area contributed by atoms with Crippen LogP contribution in [-0.2, 0) is 11.3 Å². The summed E-state index contributed by atoms with van der Waals surface area (Å²) in [5.41, 5.74) is 6.42. The predicted molar refractivity (Wildman–Crippen MR) is 73.0 cm³/mol. The number of halogens is 1. The molecule has 3 aromatic rings. The molecule has 7 heteroatoms. The highest BCUT2D eigenvalue weighted by Gasteiger charge is 2.13. The van der Waals surface area contributed by atoms with Gasteiger partial charge in [0, 0.05) is 23.5 Å². The van der Waals surface area contributed by atoms with Crippen molar-refractivity contribution < 1.29 is 13.9 Å². The molecule has 0 amide bonds. The van der Waals surface area contributed by atoms with Crippen LogP contribution in [-0.4, -0.2) is 15.4 Å². The molecule has 0 fully saturated rings. The van der Waals surface area contributed by atoms with Crippen LogP contribution in [0.25, 0.3) is 4.96 Å². The van der Waals surface area contributed by atoms with Crippen molar-refractivity contribution in [1.82, 2.24) is 9.38 Å². The second-order valence-corrected chi connectivity index (χ2v) is 5.01. The van der Waals surface area contributed by atoms with Crippen LogP contribution in [0, 0.1) is 5.82 Å². The molecule has 3 rings (SSSR count). The number of fused-ring (bicyclic) bond motifs is 1. The summed E-state index contributed by atoms with van der Waals surface area (Å²) in [6, 6.07) is 3.56. The third-order valence-corrected chi connectivity index (χ3v) is 3.50. The molecule has 0 atom stereocenters. The van der Waals surface area contributed by atoms with Gasteiger partial charge in [0.25, 0.3) is 0 Å².